The third-order valence-electron chi connectivity index (χ3n) is 7.08. The van der Waals surface area contributed by atoms with E-state index in [1.807, 2.05) is 6.07 Å². The maximum Gasteiger partial charge on any atom is 0.289 e. The fraction of sp³-hybridized carbons (Fsp3) is 0.300. The summed E-state index contributed by atoms with van der Waals surface area (Å²) in [6.07, 6.45) is 0.0544. The van der Waals surface area contributed by atoms with Crippen molar-refractivity contribution in [1.29, 1.82) is 0 Å². The molecule has 226 valence electrons. The third kappa shape index (κ3) is 7.62. The molecule has 43 heavy (non-hydrogen) atoms. The van der Waals surface area contributed by atoms with Crippen LogP contribution in [0.4, 0.5) is 5.69 Å². The molecule has 0 aromatic heterocycles. The highest BCUT2D eigenvalue weighted by molar-refractivity contribution is 7.89. The molecule has 0 spiro atoms. The number of nitrogens with zero attached hydrogens (tertiary/aromatic N) is 2. The van der Waals surface area contributed by atoms with E-state index >= 15 is 0 Å². The highest BCUT2D eigenvalue weighted by Gasteiger charge is 2.41. The molecule has 0 radical (unpaired) electrons. The van der Waals surface area contributed by atoms with Crippen LogP contribution in [0.15, 0.2) is 89.8 Å². The zero-order chi connectivity index (χ0) is 31.1. The van der Waals surface area contributed by atoms with Gasteiger partial charge in [-0.15, -0.1) is 0 Å². The van der Waals surface area contributed by atoms with Gasteiger partial charge in [-0.2, -0.15) is 4.31 Å². The van der Waals surface area contributed by atoms with Crippen LogP contribution in [-0.4, -0.2) is 66.1 Å². The second-order valence-corrected chi connectivity index (χ2v) is 12.3. The Kier molecular flexibility index (Phi) is 9.88. The van der Waals surface area contributed by atoms with Gasteiger partial charge in [0.15, 0.2) is 4.90 Å². The number of nitro benzene ring substituents is 1. The van der Waals surface area contributed by atoms with E-state index < -0.39 is 67.4 Å². The molecule has 1 saturated heterocycles. The molecule has 0 bridgehead atoms. The standard InChI is InChI=1S/C30H33N5O7S/c1-20-19-34(43(41,42)27-16-10-9-15-25(27)35(39)40)26(18-23-13-7-4-8-14-23)30(38)32-21(2)28(36)33-24(29(37)31-20)17-22-11-5-3-6-12-22/h3-16,20-21,24,26H,17-19H2,1-2H3,(H,31,37)(H,32,38)(H,33,36)/t20-,21+,24-,26-/m0/s1. The topological polar surface area (TPSA) is 168 Å². The largest absolute Gasteiger partial charge is 0.351 e. The molecule has 12 nitrogen and oxygen atoms in total. The Labute approximate surface area is 249 Å². The zero-order valence-corrected chi connectivity index (χ0v) is 24.5. The monoisotopic (exact) mass is 607 g/mol. The number of rotatable bonds is 7. The van der Waals surface area contributed by atoms with Gasteiger partial charge < -0.3 is 16.0 Å². The molecule has 4 rings (SSSR count). The van der Waals surface area contributed by atoms with Crippen molar-refractivity contribution in [2.24, 2.45) is 0 Å². The van der Waals surface area contributed by atoms with Gasteiger partial charge in [0.25, 0.3) is 15.7 Å². The number of hydrogen-bond acceptors (Lipinski definition) is 7. The Morgan fingerprint density at radius 1 is 0.767 bits per heavy atom. The second-order valence-electron chi connectivity index (χ2n) is 10.4. The summed E-state index contributed by atoms with van der Waals surface area (Å²) in [6.45, 7) is 2.61. The van der Waals surface area contributed by atoms with Gasteiger partial charge in [0.1, 0.15) is 18.1 Å². The van der Waals surface area contributed by atoms with Gasteiger partial charge in [-0.3, -0.25) is 24.5 Å². The van der Waals surface area contributed by atoms with Crippen LogP contribution < -0.4 is 16.0 Å². The fourth-order valence-corrected chi connectivity index (χ4v) is 6.73. The Hall–Kier alpha value is -4.62. The van der Waals surface area contributed by atoms with Crippen molar-refractivity contribution in [2.45, 2.75) is 55.8 Å². The molecule has 3 amide bonds. The minimum atomic E-state index is -4.69. The minimum absolute atomic E-state index is 0.0990. The molecular weight excluding hydrogens is 574 g/mol. The number of benzene rings is 3. The van der Waals surface area contributed by atoms with Crippen LogP contribution in [0.3, 0.4) is 0 Å². The summed E-state index contributed by atoms with van der Waals surface area (Å²) in [4.78, 5) is 50.8. The molecule has 0 aliphatic carbocycles. The summed E-state index contributed by atoms with van der Waals surface area (Å²) < 4.78 is 29.3. The van der Waals surface area contributed by atoms with Crippen LogP contribution in [0.25, 0.3) is 0 Å². The Bertz CT molecular complexity index is 1580. The maximum atomic E-state index is 14.2. The Morgan fingerprint density at radius 3 is 1.93 bits per heavy atom. The lowest BCUT2D eigenvalue weighted by Crippen LogP contribution is -2.61. The minimum Gasteiger partial charge on any atom is -0.351 e. The van der Waals surface area contributed by atoms with E-state index in [1.54, 1.807) is 61.5 Å². The molecular formula is C30H33N5O7S. The van der Waals surface area contributed by atoms with Gasteiger partial charge in [0.05, 0.1) is 4.92 Å². The predicted molar refractivity (Wildman–Crippen MR) is 158 cm³/mol. The number of para-hydroxylation sites is 1. The summed E-state index contributed by atoms with van der Waals surface area (Å²) in [6, 6.07) is 18.1. The maximum absolute atomic E-state index is 14.2. The predicted octanol–water partition coefficient (Wildman–Crippen LogP) is 1.95. The molecule has 1 aliphatic heterocycles. The van der Waals surface area contributed by atoms with Crippen molar-refractivity contribution < 1.29 is 27.7 Å². The molecule has 3 aromatic rings. The SMILES string of the molecule is C[C@H]1CN(S(=O)(=O)c2ccccc2[N+](=O)[O-])[C@@H](Cc2ccccc2)C(=O)N[C@H](C)C(=O)N[C@@H](Cc2ccccc2)C(=O)N1. The molecule has 13 heteroatoms. The average Bonchev–Trinajstić information content (AvgIpc) is 2.98. The first-order valence-corrected chi connectivity index (χ1v) is 15.2. The summed E-state index contributed by atoms with van der Waals surface area (Å²) in [5.74, 6) is -1.96. The number of nitro groups is 1. The van der Waals surface area contributed by atoms with Gasteiger partial charge in [-0.25, -0.2) is 8.42 Å². The molecule has 0 saturated carbocycles. The van der Waals surface area contributed by atoms with Crippen LogP contribution in [0, 0.1) is 10.1 Å². The lowest BCUT2D eigenvalue weighted by atomic mass is 10.0. The van der Waals surface area contributed by atoms with Crippen molar-refractivity contribution in [1.82, 2.24) is 20.3 Å². The average molecular weight is 608 g/mol. The van der Waals surface area contributed by atoms with Gasteiger partial charge in [0, 0.05) is 25.1 Å². The van der Waals surface area contributed by atoms with Crippen LogP contribution in [0.1, 0.15) is 25.0 Å². The molecule has 4 atom stereocenters. The second kappa shape index (κ2) is 13.6. The Balaban J connectivity index is 1.79. The number of nitrogens with one attached hydrogen (secondary N) is 3. The van der Waals surface area contributed by atoms with Crippen molar-refractivity contribution in [3.8, 4) is 0 Å². The molecule has 1 aliphatic rings. The highest BCUT2D eigenvalue weighted by atomic mass is 32.2. The van der Waals surface area contributed by atoms with Gasteiger partial charge in [0.2, 0.25) is 17.7 Å². The van der Waals surface area contributed by atoms with E-state index in [1.165, 1.54) is 19.1 Å². The van der Waals surface area contributed by atoms with Crippen molar-refractivity contribution in [2.75, 3.05) is 6.54 Å². The van der Waals surface area contributed by atoms with E-state index in [4.69, 9.17) is 0 Å². The van der Waals surface area contributed by atoms with E-state index in [0.29, 0.717) is 5.56 Å². The molecule has 1 fully saturated rings. The number of carbonyl (C=O) groups is 3. The van der Waals surface area contributed by atoms with E-state index in [-0.39, 0.29) is 19.4 Å². The lowest BCUT2D eigenvalue weighted by Gasteiger charge is -2.34. The summed E-state index contributed by atoms with van der Waals surface area (Å²) in [5.41, 5.74) is 0.747. The first kappa shape index (κ1) is 31.3. The smallest absolute Gasteiger partial charge is 0.289 e. The van der Waals surface area contributed by atoms with Gasteiger partial charge >= 0.3 is 0 Å². The summed E-state index contributed by atoms with van der Waals surface area (Å²) >= 11 is 0. The van der Waals surface area contributed by atoms with Crippen LogP contribution in [-0.2, 0) is 37.2 Å². The van der Waals surface area contributed by atoms with Crippen molar-refractivity contribution >= 4 is 33.4 Å². The molecule has 3 N–H and O–H groups in total. The van der Waals surface area contributed by atoms with Gasteiger partial charge in [-0.05, 0) is 37.5 Å². The number of sulfonamides is 1. The highest BCUT2D eigenvalue weighted by Crippen LogP contribution is 2.29. The zero-order valence-electron chi connectivity index (χ0n) is 23.7. The number of carbonyl (C=O) groups excluding carboxylic acids is 3. The van der Waals surface area contributed by atoms with E-state index in [9.17, 15) is 32.9 Å². The quantitative estimate of drug-likeness (QED) is 0.273. The van der Waals surface area contributed by atoms with Crippen LogP contribution in [0.5, 0.6) is 0 Å². The van der Waals surface area contributed by atoms with Crippen molar-refractivity contribution in [3.05, 3.63) is 106 Å². The summed E-state index contributed by atoms with van der Waals surface area (Å²) in [7, 11) is -4.69. The van der Waals surface area contributed by atoms with Crippen LogP contribution >= 0.6 is 0 Å². The molecule has 1 heterocycles. The molecule has 0 unspecified atom stereocenters. The Morgan fingerprint density at radius 2 is 1.33 bits per heavy atom. The normalized spacial score (nSPS) is 22.3. The number of amides is 3. The summed E-state index contributed by atoms with van der Waals surface area (Å²) in [5, 5.41) is 19.9. The van der Waals surface area contributed by atoms with Crippen molar-refractivity contribution in [3.63, 3.8) is 0 Å². The fourth-order valence-electron chi connectivity index (χ4n) is 4.90. The first-order chi connectivity index (χ1) is 20.5. The third-order valence-corrected chi connectivity index (χ3v) is 9.00. The van der Waals surface area contributed by atoms with Crippen LogP contribution in [0.2, 0.25) is 0 Å². The first-order valence-electron chi connectivity index (χ1n) is 13.7. The number of hydrogen-bond donors (Lipinski definition) is 3. The van der Waals surface area contributed by atoms with E-state index in [2.05, 4.69) is 16.0 Å². The lowest BCUT2D eigenvalue weighted by molar-refractivity contribution is -0.387. The van der Waals surface area contributed by atoms with Gasteiger partial charge in [-0.1, -0.05) is 72.8 Å². The van der Waals surface area contributed by atoms with E-state index in [0.717, 1.165) is 22.0 Å². The molecule has 3 aromatic carbocycles.